The number of hydroxylamine groups is 2. The zero-order valence-corrected chi connectivity index (χ0v) is 17.9. The SMILES string of the molecule is O=C(Nc1cccc(-n2o[nH]c3nc(Cl)ccc3o2)c1Cl)C1=C(O)N=C2CCCCN2O1. The molecule has 32 heavy (non-hydrogen) atoms. The van der Waals surface area contributed by atoms with Crippen LogP contribution >= 0.6 is 23.2 Å². The summed E-state index contributed by atoms with van der Waals surface area (Å²) >= 11 is 12.3. The summed E-state index contributed by atoms with van der Waals surface area (Å²) in [6, 6.07) is 8.00. The van der Waals surface area contributed by atoms with Crippen LogP contribution in [0.25, 0.3) is 16.9 Å². The van der Waals surface area contributed by atoms with Gasteiger partial charge in [0.05, 0.1) is 17.3 Å². The molecule has 0 bridgehead atoms. The molecule has 1 fully saturated rings. The fourth-order valence-corrected chi connectivity index (χ4v) is 3.66. The number of rotatable bonds is 3. The number of halogens is 2. The van der Waals surface area contributed by atoms with Gasteiger partial charge in [0.15, 0.2) is 0 Å². The van der Waals surface area contributed by atoms with Gasteiger partial charge in [-0.2, -0.15) is 15.2 Å². The first-order chi connectivity index (χ1) is 15.5. The van der Waals surface area contributed by atoms with E-state index in [4.69, 9.17) is 37.2 Å². The van der Waals surface area contributed by atoms with E-state index in [2.05, 4.69) is 20.4 Å². The summed E-state index contributed by atoms with van der Waals surface area (Å²) in [5.41, 5.74) is 1.17. The lowest BCUT2D eigenvalue weighted by atomic mass is 10.1. The first-order valence-corrected chi connectivity index (χ1v) is 10.4. The van der Waals surface area contributed by atoms with Crippen LogP contribution in [0.3, 0.4) is 0 Å². The van der Waals surface area contributed by atoms with E-state index in [1.165, 1.54) is 5.06 Å². The summed E-state index contributed by atoms with van der Waals surface area (Å²) in [5, 5.41) is 17.3. The molecule has 3 N–H and O–H groups in total. The first-order valence-electron chi connectivity index (χ1n) is 9.63. The number of fused-ring (bicyclic) bond motifs is 2. The Morgan fingerprint density at radius 1 is 1.22 bits per heavy atom. The Balaban J connectivity index is 1.43. The molecule has 166 valence electrons. The number of anilines is 1. The maximum Gasteiger partial charge on any atom is 0.299 e. The molecule has 0 unspecified atom stereocenters. The fraction of sp³-hybridized carbons (Fsp3) is 0.211. The Morgan fingerprint density at radius 3 is 2.97 bits per heavy atom. The van der Waals surface area contributed by atoms with Crippen molar-refractivity contribution in [2.45, 2.75) is 19.3 Å². The molecule has 2 aromatic heterocycles. The number of nitrogens with zero attached hydrogens (tertiary/aromatic N) is 4. The molecule has 0 aliphatic carbocycles. The second-order valence-corrected chi connectivity index (χ2v) is 7.71. The molecule has 2 aliphatic heterocycles. The standard InChI is InChI=1S/C19H16Cl2N6O5/c20-13-8-7-12-17(23-13)25-32-27(30-12)11-5-3-4-10(15(11)21)22-18(28)16-19(29)24-14-6-1-2-9-26(14)31-16/h3-5,7-8,29H,1-2,6,9H2,(H,22,28)(H,23,25). The van der Waals surface area contributed by atoms with Crippen LogP contribution in [-0.4, -0.2) is 43.5 Å². The maximum atomic E-state index is 12.8. The van der Waals surface area contributed by atoms with E-state index in [0.717, 1.165) is 17.8 Å². The Kier molecular flexibility index (Phi) is 5.19. The predicted octanol–water partition coefficient (Wildman–Crippen LogP) is 4.47. The molecular weight excluding hydrogens is 463 g/mol. The van der Waals surface area contributed by atoms with Crippen molar-refractivity contribution >= 4 is 51.9 Å². The van der Waals surface area contributed by atoms with E-state index >= 15 is 0 Å². The zero-order chi connectivity index (χ0) is 22.2. The van der Waals surface area contributed by atoms with Gasteiger partial charge in [-0.25, -0.2) is 4.98 Å². The molecule has 1 aromatic carbocycles. The second-order valence-electron chi connectivity index (χ2n) is 6.95. The maximum absolute atomic E-state index is 12.8. The molecule has 0 atom stereocenters. The number of amidine groups is 1. The van der Waals surface area contributed by atoms with E-state index in [1.54, 1.807) is 30.3 Å². The quantitative estimate of drug-likeness (QED) is 0.472. The van der Waals surface area contributed by atoms with Gasteiger partial charge in [-0.15, -0.1) is 0 Å². The van der Waals surface area contributed by atoms with Crippen LogP contribution in [-0.2, 0) is 9.63 Å². The Hall–Kier alpha value is -3.57. The van der Waals surface area contributed by atoms with Crippen LogP contribution in [0.1, 0.15) is 19.3 Å². The number of aromatic amines is 1. The summed E-state index contributed by atoms with van der Waals surface area (Å²) in [6.07, 6.45) is 2.51. The molecule has 13 heteroatoms. The number of pyridine rings is 1. The average Bonchev–Trinajstić information content (AvgIpc) is 2.79. The number of piperidine rings is 1. The van der Waals surface area contributed by atoms with Crippen molar-refractivity contribution in [1.29, 1.82) is 0 Å². The zero-order valence-electron chi connectivity index (χ0n) is 16.3. The number of aliphatic hydroxyl groups is 1. The number of hydrogen-bond donors (Lipinski definition) is 3. The number of aliphatic imine (C=N–C) groups is 1. The van der Waals surface area contributed by atoms with Gasteiger partial charge in [-0.3, -0.25) is 9.42 Å². The van der Waals surface area contributed by atoms with Crippen molar-refractivity contribution in [2.75, 3.05) is 11.9 Å². The Bertz CT molecular complexity index is 1310. The van der Waals surface area contributed by atoms with Gasteiger partial charge in [0, 0.05) is 6.42 Å². The summed E-state index contributed by atoms with van der Waals surface area (Å²) in [5.74, 6) is -0.926. The van der Waals surface area contributed by atoms with Crippen molar-refractivity contribution in [3.05, 3.63) is 52.1 Å². The van der Waals surface area contributed by atoms with Gasteiger partial charge in [0.2, 0.25) is 11.2 Å². The number of aromatic nitrogens is 3. The highest BCUT2D eigenvalue weighted by Crippen LogP contribution is 2.31. The van der Waals surface area contributed by atoms with Gasteiger partial charge in [0.1, 0.15) is 16.7 Å². The van der Waals surface area contributed by atoms with E-state index in [1.807, 2.05) is 0 Å². The van der Waals surface area contributed by atoms with Crippen molar-refractivity contribution in [2.24, 2.45) is 4.99 Å². The fourth-order valence-electron chi connectivity index (χ4n) is 3.27. The van der Waals surface area contributed by atoms with Crippen LogP contribution in [0.2, 0.25) is 10.2 Å². The third-order valence-electron chi connectivity index (χ3n) is 4.80. The van der Waals surface area contributed by atoms with Gasteiger partial charge in [-0.1, -0.05) is 29.3 Å². The number of hydrogen-bond acceptors (Lipinski definition) is 8. The second kappa shape index (κ2) is 8.17. The normalized spacial score (nSPS) is 15.8. The number of benzene rings is 1. The lowest BCUT2D eigenvalue weighted by Gasteiger charge is -2.32. The third-order valence-corrected chi connectivity index (χ3v) is 5.41. The number of nitrogens with one attached hydrogen (secondary N) is 2. The number of amides is 1. The van der Waals surface area contributed by atoms with E-state index < -0.39 is 11.8 Å². The summed E-state index contributed by atoms with van der Waals surface area (Å²) in [7, 11) is 0. The van der Waals surface area contributed by atoms with E-state index in [9.17, 15) is 9.90 Å². The number of carbonyl (C=O) groups excluding carboxylic acids is 1. The molecule has 5 rings (SSSR count). The predicted molar refractivity (Wildman–Crippen MR) is 115 cm³/mol. The molecule has 1 saturated heterocycles. The van der Waals surface area contributed by atoms with Crippen LogP contribution in [0, 0.1) is 0 Å². The van der Waals surface area contributed by atoms with Crippen LogP contribution in [0.4, 0.5) is 5.69 Å². The number of aliphatic hydroxyl groups excluding tert-OH is 1. The van der Waals surface area contributed by atoms with Gasteiger partial charge >= 0.3 is 0 Å². The largest absolute Gasteiger partial charge is 0.490 e. The number of carbonyl (C=O) groups is 1. The summed E-state index contributed by atoms with van der Waals surface area (Å²) < 4.78 is 11.0. The van der Waals surface area contributed by atoms with Crippen LogP contribution in [0.15, 0.2) is 56.1 Å². The summed E-state index contributed by atoms with van der Waals surface area (Å²) in [6.45, 7) is 0.581. The topological polar surface area (TPSA) is 134 Å². The molecule has 3 aromatic rings. The van der Waals surface area contributed by atoms with Crippen LogP contribution in [0.5, 0.6) is 0 Å². The lowest BCUT2D eigenvalue weighted by molar-refractivity contribution is -0.128. The molecule has 11 nitrogen and oxygen atoms in total. The molecule has 4 heterocycles. The summed E-state index contributed by atoms with van der Waals surface area (Å²) in [4.78, 5) is 27.5. The van der Waals surface area contributed by atoms with Crippen molar-refractivity contribution in [3.63, 3.8) is 0 Å². The van der Waals surface area contributed by atoms with E-state index in [0.29, 0.717) is 30.0 Å². The Labute approximate surface area is 190 Å². The van der Waals surface area contributed by atoms with Gasteiger partial charge in [-0.05, 0) is 42.0 Å². The minimum absolute atomic E-state index is 0.117. The molecular formula is C19H16Cl2N6O5. The highest BCUT2D eigenvalue weighted by Gasteiger charge is 2.30. The van der Waals surface area contributed by atoms with Gasteiger partial charge in [0.25, 0.3) is 17.5 Å². The van der Waals surface area contributed by atoms with Crippen molar-refractivity contribution < 1.29 is 23.9 Å². The average molecular weight is 479 g/mol. The number of H-pyrrole nitrogens is 1. The molecule has 2 aliphatic rings. The van der Waals surface area contributed by atoms with Crippen molar-refractivity contribution in [3.8, 4) is 5.69 Å². The van der Waals surface area contributed by atoms with Crippen LogP contribution < -0.4 is 5.32 Å². The van der Waals surface area contributed by atoms with Gasteiger partial charge < -0.3 is 19.8 Å². The Morgan fingerprint density at radius 2 is 2.09 bits per heavy atom. The highest BCUT2D eigenvalue weighted by atomic mass is 35.5. The molecule has 1 amide bonds. The van der Waals surface area contributed by atoms with E-state index in [-0.39, 0.29) is 27.3 Å². The smallest absolute Gasteiger partial charge is 0.299 e. The van der Waals surface area contributed by atoms with Crippen molar-refractivity contribution in [1.82, 2.24) is 20.1 Å². The molecule has 0 saturated carbocycles. The third kappa shape index (κ3) is 3.76. The first kappa shape index (κ1) is 20.3. The monoisotopic (exact) mass is 478 g/mol. The minimum atomic E-state index is -0.710. The lowest BCUT2D eigenvalue weighted by Crippen LogP contribution is -2.40. The minimum Gasteiger partial charge on any atom is -0.490 e. The molecule has 0 radical (unpaired) electrons. The highest BCUT2D eigenvalue weighted by molar-refractivity contribution is 6.35. The molecule has 0 spiro atoms.